The molecule has 0 saturated carbocycles. The summed E-state index contributed by atoms with van der Waals surface area (Å²) in [5.41, 5.74) is 0. The van der Waals surface area contributed by atoms with Gasteiger partial charge in [-0.15, -0.1) is 0 Å². The second kappa shape index (κ2) is 23.0. The lowest BCUT2D eigenvalue weighted by atomic mass is 10.1. The van der Waals surface area contributed by atoms with Crippen molar-refractivity contribution in [1.29, 1.82) is 0 Å². The molecular formula is C24H41N5O13S. The molecule has 0 radical (unpaired) electrons. The molecule has 0 aromatic carbocycles. The number of carbonyl (C=O) groups excluding carboxylic acids is 4. The summed E-state index contributed by atoms with van der Waals surface area (Å²) in [5, 5.41) is 39.2. The molecule has 0 aromatic heterocycles. The molecular weight excluding hydrogens is 598 g/mol. The SMILES string of the molecule is CN[C@@H](CNC(=O)CCOCCOCCOC)C(=O)N[C@@H](CC(=O)O)C(=O)N[C@@H](CC(=O)O)C(=O)NC(CSC)C(=O)O. The molecule has 8 N–H and O–H groups in total. The van der Waals surface area contributed by atoms with Crippen molar-refractivity contribution in [2.75, 3.05) is 65.7 Å². The van der Waals surface area contributed by atoms with Gasteiger partial charge in [0, 0.05) is 25.8 Å². The largest absolute Gasteiger partial charge is 0.481 e. The average molecular weight is 640 g/mol. The molecule has 0 heterocycles. The summed E-state index contributed by atoms with van der Waals surface area (Å²) in [6.45, 7) is 1.29. The molecule has 0 aliphatic carbocycles. The van der Waals surface area contributed by atoms with Crippen molar-refractivity contribution in [1.82, 2.24) is 26.6 Å². The van der Waals surface area contributed by atoms with Crippen LogP contribution in [-0.4, -0.2) is 147 Å². The first kappa shape index (κ1) is 39.5. The minimum atomic E-state index is -1.78. The lowest BCUT2D eigenvalue weighted by molar-refractivity contribution is -0.144. The molecule has 4 atom stereocenters. The Morgan fingerprint density at radius 1 is 0.698 bits per heavy atom. The number of nitrogens with one attached hydrogen (secondary N) is 5. The third-order valence-corrected chi connectivity index (χ3v) is 6.08. The van der Waals surface area contributed by atoms with Crippen molar-refractivity contribution >= 4 is 53.3 Å². The van der Waals surface area contributed by atoms with Gasteiger partial charge in [0.15, 0.2) is 0 Å². The van der Waals surface area contributed by atoms with Gasteiger partial charge in [-0.3, -0.25) is 28.8 Å². The lowest BCUT2D eigenvalue weighted by Crippen LogP contribution is -2.59. The molecule has 43 heavy (non-hydrogen) atoms. The Balaban J connectivity index is 5.16. The highest BCUT2D eigenvalue weighted by molar-refractivity contribution is 7.98. The Bertz CT molecular complexity index is 939. The highest BCUT2D eigenvalue weighted by Gasteiger charge is 2.32. The number of hydrogen-bond acceptors (Lipinski definition) is 12. The molecule has 0 aliphatic rings. The van der Waals surface area contributed by atoms with Crippen LogP contribution in [0, 0.1) is 0 Å². The number of carbonyl (C=O) groups is 7. The van der Waals surface area contributed by atoms with Gasteiger partial charge in [0.1, 0.15) is 24.2 Å². The Hall–Kier alpha value is -3.52. The Kier molecular flexibility index (Phi) is 21.1. The van der Waals surface area contributed by atoms with Crippen LogP contribution < -0.4 is 26.6 Å². The molecule has 0 aliphatic heterocycles. The highest BCUT2D eigenvalue weighted by atomic mass is 32.2. The molecule has 0 fully saturated rings. The van der Waals surface area contributed by atoms with E-state index in [0.29, 0.717) is 19.8 Å². The first-order chi connectivity index (χ1) is 20.4. The van der Waals surface area contributed by atoms with Crippen LogP contribution in [-0.2, 0) is 47.8 Å². The van der Waals surface area contributed by atoms with Crippen LogP contribution in [0.1, 0.15) is 19.3 Å². The van der Waals surface area contributed by atoms with E-state index >= 15 is 0 Å². The lowest BCUT2D eigenvalue weighted by Gasteiger charge is -2.24. The van der Waals surface area contributed by atoms with Gasteiger partial charge in [-0.25, -0.2) is 4.79 Å². The number of carboxylic acid groups (broad SMARTS) is 3. The zero-order valence-electron chi connectivity index (χ0n) is 24.2. The summed E-state index contributed by atoms with van der Waals surface area (Å²) in [6.07, 6.45) is -0.321. The molecule has 0 rings (SSSR count). The summed E-state index contributed by atoms with van der Waals surface area (Å²) >= 11 is 1.10. The van der Waals surface area contributed by atoms with Gasteiger partial charge < -0.3 is 56.1 Å². The summed E-state index contributed by atoms with van der Waals surface area (Å²) in [5.74, 6) is -8.10. The number of ether oxygens (including phenoxy) is 3. The number of thioether (sulfide) groups is 1. The van der Waals surface area contributed by atoms with E-state index in [4.69, 9.17) is 14.2 Å². The van der Waals surface area contributed by atoms with Gasteiger partial charge in [0.2, 0.25) is 23.6 Å². The van der Waals surface area contributed by atoms with Crippen LogP contribution in [0.5, 0.6) is 0 Å². The number of amides is 4. The Morgan fingerprint density at radius 3 is 1.60 bits per heavy atom. The van der Waals surface area contributed by atoms with Crippen LogP contribution in [0.2, 0.25) is 0 Å². The predicted molar refractivity (Wildman–Crippen MR) is 150 cm³/mol. The Labute approximate surface area is 252 Å². The summed E-state index contributed by atoms with van der Waals surface area (Å²) in [4.78, 5) is 84.4. The molecule has 1 unspecified atom stereocenters. The van der Waals surface area contributed by atoms with Crippen molar-refractivity contribution < 1.29 is 63.1 Å². The average Bonchev–Trinajstić information content (AvgIpc) is 2.93. The molecule has 0 saturated heterocycles. The number of likely N-dealkylation sites (N-methyl/N-ethyl adjacent to an activating group) is 1. The maximum Gasteiger partial charge on any atom is 0.327 e. The predicted octanol–water partition coefficient (Wildman–Crippen LogP) is -3.39. The first-order valence-electron chi connectivity index (χ1n) is 13.0. The molecule has 4 amide bonds. The van der Waals surface area contributed by atoms with E-state index in [0.717, 1.165) is 11.8 Å². The topological polar surface area (TPSA) is 268 Å². The maximum atomic E-state index is 12.9. The van der Waals surface area contributed by atoms with Gasteiger partial charge in [-0.1, -0.05) is 0 Å². The molecule has 0 aromatic rings. The van der Waals surface area contributed by atoms with Crippen LogP contribution in [0.15, 0.2) is 0 Å². The molecule has 246 valence electrons. The fourth-order valence-electron chi connectivity index (χ4n) is 3.19. The zero-order valence-corrected chi connectivity index (χ0v) is 25.0. The fourth-order valence-corrected chi connectivity index (χ4v) is 3.74. The van der Waals surface area contributed by atoms with Crippen molar-refractivity contribution in [2.24, 2.45) is 0 Å². The minimum Gasteiger partial charge on any atom is -0.481 e. The van der Waals surface area contributed by atoms with Crippen molar-refractivity contribution in [2.45, 2.75) is 43.4 Å². The van der Waals surface area contributed by atoms with Gasteiger partial charge in [0.05, 0.1) is 45.9 Å². The van der Waals surface area contributed by atoms with Gasteiger partial charge >= 0.3 is 17.9 Å². The van der Waals surface area contributed by atoms with E-state index in [1.807, 2.05) is 0 Å². The van der Waals surface area contributed by atoms with Crippen molar-refractivity contribution in [3.63, 3.8) is 0 Å². The zero-order chi connectivity index (χ0) is 32.8. The first-order valence-corrected chi connectivity index (χ1v) is 14.4. The second-order valence-corrected chi connectivity index (χ2v) is 9.70. The second-order valence-electron chi connectivity index (χ2n) is 8.79. The number of methoxy groups -OCH3 is 1. The number of carboxylic acids is 3. The fraction of sp³-hybridized carbons (Fsp3) is 0.708. The molecule has 18 nitrogen and oxygen atoms in total. The van der Waals surface area contributed by atoms with Crippen molar-refractivity contribution in [3.05, 3.63) is 0 Å². The van der Waals surface area contributed by atoms with Gasteiger partial charge in [0.25, 0.3) is 0 Å². The van der Waals surface area contributed by atoms with Crippen LogP contribution in [0.25, 0.3) is 0 Å². The van der Waals surface area contributed by atoms with Crippen LogP contribution >= 0.6 is 11.8 Å². The summed E-state index contributed by atoms with van der Waals surface area (Å²) in [6, 6.07) is -6.02. The van der Waals surface area contributed by atoms with E-state index in [-0.39, 0.29) is 31.9 Å². The number of hydrogen-bond donors (Lipinski definition) is 8. The molecule has 0 bridgehead atoms. The van der Waals surface area contributed by atoms with Crippen molar-refractivity contribution in [3.8, 4) is 0 Å². The Morgan fingerprint density at radius 2 is 1.16 bits per heavy atom. The number of rotatable bonds is 25. The highest BCUT2D eigenvalue weighted by Crippen LogP contribution is 2.03. The third kappa shape index (κ3) is 18.6. The van der Waals surface area contributed by atoms with E-state index in [1.165, 1.54) is 7.05 Å². The smallest absolute Gasteiger partial charge is 0.327 e. The van der Waals surface area contributed by atoms with Crippen LogP contribution in [0.3, 0.4) is 0 Å². The van der Waals surface area contributed by atoms with Crippen LogP contribution in [0.4, 0.5) is 0 Å². The molecule has 19 heteroatoms. The van der Waals surface area contributed by atoms with E-state index < -0.39 is 78.5 Å². The quantitative estimate of drug-likeness (QED) is 0.0453. The minimum absolute atomic E-state index is 0.0210. The number of aliphatic carboxylic acids is 3. The third-order valence-electron chi connectivity index (χ3n) is 5.42. The standard InChI is InChI=1S/C24H41N5O13S/c1-25-16(12-26-18(30)4-5-41-8-9-42-7-6-40-2)23(37)28-14(10-19(31)32)21(35)27-15(11-20(33)34)22(36)29-17(13-43-3)24(38)39/h14-17,25H,4-13H2,1-3H3,(H,26,30)(H,27,35)(H,28,37)(H,29,36)(H,31,32)(H,33,34)(H,38,39)/t14-,15-,16-,17?/m0/s1. The van der Waals surface area contributed by atoms with Gasteiger partial charge in [-0.05, 0) is 13.3 Å². The monoisotopic (exact) mass is 639 g/mol. The summed E-state index contributed by atoms with van der Waals surface area (Å²) < 4.78 is 15.3. The molecule has 0 spiro atoms. The normalized spacial score (nSPS) is 13.6. The van der Waals surface area contributed by atoms with Gasteiger partial charge in [-0.2, -0.15) is 11.8 Å². The van der Waals surface area contributed by atoms with E-state index in [9.17, 15) is 48.9 Å². The van der Waals surface area contributed by atoms with E-state index in [2.05, 4.69) is 26.6 Å². The van der Waals surface area contributed by atoms with E-state index in [1.54, 1.807) is 13.4 Å². The summed E-state index contributed by atoms with van der Waals surface area (Å²) in [7, 11) is 2.93. The maximum absolute atomic E-state index is 12.9.